The average Bonchev–Trinajstić information content (AvgIpc) is 2.68. The van der Waals surface area contributed by atoms with Crippen LogP contribution in [0.2, 0.25) is 0 Å². The van der Waals surface area contributed by atoms with Crippen molar-refractivity contribution in [2.45, 2.75) is 38.9 Å². The summed E-state index contributed by atoms with van der Waals surface area (Å²) < 4.78 is 91.4. The van der Waals surface area contributed by atoms with Gasteiger partial charge in [0.15, 0.2) is 11.6 Å². The molecule has 0 spiro atoms. The van der Waals surface area contributed by atoms with E-state index in [-0.39, 0.29) is 5.56 Å². The van der Waals surface area contributed by atoms with Crippen molar-refractivity contribution in [1.29, 1.82) is 0 Å². The number of sulfonamides is 1. The monoisotopic (exact) mass is 490 g/mol. The fourth-order valence-electron chi connectivity index (χ4n) is 3.07. The van der Waals surface area contributed by atoms with Gasteiger partial charge < -0.3 is 5.32 Å². The average molecular weight is 490 g/mol. The molecule has 2 aromatic rings. The molecule has 0 unspecified atom stereocenters. The van der Waals surface area contributed by atoms with Crippen molar-refractivity contribution in [3.05, 3.63) is 70.3 Å². The number of carbonyl (C=O) groups excluding carboxylic acids is 1. The van der Waals surface area contributed by atoms with Crippen LogP contribution in [-0.4, -0.2) is 20.6 Å². The zero-order valence-electron chi connectivity index (χ0n) is 18.1. The predicted molar refractivity (Wildman–Crippen MR) is 116 cm³/mol. The molecule has 0 aromatic heterocycles. The van der Waals surface area contributed by atoms with Crippen molar-refractivity contribution in [3.63, 3.8) is 0 Å². The molecule has 0 aliphatic rings. The van der Waals surface area contributed by atoms with Crippen LogP contribution in [-0.2, 0) is 27.4 Å². The fraction of sp³-hybridized carbons (Fsp3) is 0.318. The topological polar surface area (TPSA) is 75.3 Å². The molecule has 0 aliphatic carbocycles. The molecule has 0 aliphatic heterocycles. The number of nitrogens with one attached hydrogen (secondary N) is 2. The van der Waals surface area contributed by atoms with Crippen molar-refractivity contribution in [1.82, 2.24) is 5.32 Å². The van der Waals surface area contributed by atoms with Gasteiger partial charge in [-0.3, -0.25) is 9.52 Å². The van der Waals surface area contributed by atoms with Gasteiger partial charge >= 0.3 is 6.18 Å². The van der Waals surface area contributed by atoms with E-state index in [0.717, 1.165) is 36.6 Å². The van der Waals surface area contributed by atoms with Gasteiger partial charge in [0.25, 0.3) is 0 Å². The summed E-state index contributed by atoms with van der Waals surface area (Å²) in [5.74, 6) is -2.94. The lowest BCUT2D eigenvalue weighted by atomic mass is 9.99. The van der Waals surface area contributed by atoms with E-state index >= 15 is 0 Å². The molecular weight excluding hydrogens is 467 g/mol. The Labute approximate surface area is 188 Å². The molecule has 180 valence electrons. The first-order valence-electron chi connectivity index (χ1n) is 9.86. The van der Waals surface area contributed by atoms with Gasteiger partial charge in [-0.15, -0.1) is 0 Å². The van der Waals surface area contributed by atoms with Gasteiger partial charge in [0, 0.05) is 6.08 Å². The third-order valence-electron chi connectivity index (χ3n) is 4.61. The van der Waals surface area contributed by atoms with E-state index in [1.165, 1.54) is 19.1 Å². The third-order valence-corrected chi connectivity index (χ3v) is 5.19. The predicted octanol–water partition coefficient (Wildman–Crippen LogP) is 5.20. The van der Waals surface area contributed by atoms with Crippen LogP contribution in [0.3, 0.4) is 0 Å². The molecule has 2 rings (SSSR count). The van der Waals surface area contributed by atoms with Crippen LogP contribution in [0, 0.1) is 11.6 Å². The summed E-state index contributed by atoms with van der Waals surface area (Å²) in [4.78, 5) is 12.3. The summed E-state index contributed by atoms with van der Waals surface area (Å²) in [5, 5.41) is 2.50. The molecule has 0 saturated heterocycles. The number of hydrogen-bond donors (Lipinski definition) is 2. The van der Waals surface area contributed by atoms with E-state index in [1.807, 2.05) is 6.92 Å². The number of hydrogen-bond acceptors (Lipinski definition) is 3. The number of alkyl halides is 3. The maximum atomic E-state index is 14.2. The largest absolute Gasteiger partial charge is 0.416 e. The Hall–Kier alpha value is -2.95. The quantitative estimate of drug-likeness (QED) is 0.395. The molecule has 1 amide bonds. The Morgan fingerprint density at radius 3 is 2.24 bits per heavy atom. The number of rotatable bonds is 8. The smallest absolute Gasteiger partial charge is 0.346 e. The second kappa shape index (κ2) is 10.3. The van der Waals surface area contributed by atoms with Gasteiger partial charge in [-0.1, -0.05) is 19.4 Å². The molecule has 2 aromatic carbocycles. The summed E-state index contributed by atoms with van der Waals surface area (Å²) >= 11 is 0. The lowest BCUT2D eigenvalue weighted by molar-refractivity contribution is -0.137. The molecule has 5 nitrogen and oxygen atoms in total. The molecule has 1 atom stereocenters. The number of benzene rings is 2. The molecular formula is C22H23F5N2O3S. The highest BCUT2D eigenvalue weighted by atomic mass is 32.2. The molecule has 11 heteroatoms. The zero-order valence-corrected chi connectivity index (χ0v) is 18.9. The number of anilines is 1. The van der Waals surface area contributed by atoms with Gasteiger partial charge in [-0.2, -0.15) is 13.2 Å². The van der Waals surface area contributed by atoms with Crippen molar-refractivity contribution >= 4 is 27.7 Å². The number of aryl methyl sites for hydroxylation is 1. The zero-order chi connectivity index (χ0) is 25.0. The molecule has 0 fully saturated rings. The molecule has 0 saturated carbocycles. The van der Waals surface area contributed by atoms with Crippen LogP contribution >= 0.6 is 0 Å². The summed E-state index contributed by atoms with van der Waals surface area (Å²) in [6, 6.07) is 4.18. The van der Waals surface area contributed by atoms with E-state index in [0.29, 0.717) is 24.0 Å². The number of amides is 1. The van der Waals surface area contributed by atoms with Gasteiger partial charge in [0.2, 0.25) is 15.9 Å². The van der Waals surface area contributed by atoms with Crippen LogP contribution in [0.5, 0.6) is 0 Å². The van der Waals surface area contributed by atoms with Crippen molar-refractivity contribution in [2.75, 3.05) is 11.0 Å². The molecule has 2 N–H and O–H groups in total. The fourth-order valence-corrected chi connectivity index (χ4v) is 3.63. The summed E-state index contributed by atoms with van der Waals surface area (Å²) in [7, 11) is -3.90. The third kappa shape index (κ3) is 7.55. The SMILES string of the molecule is CCCc1cc(C(F)(F)F)ccc1/C=C/C(=O)N[C@H](C)c1cc(F)c(NS(C)(=O)=O)c(F)c1. The van der Waals surface area contributed by atoms with Crippen molar-refractivity contribution in [2.24, 2.45) is 0 Å². The Morgan fingerprint density at radius 1 is 1.12 bits per heavy atom. The minimum Gasteiger partial charge on any atom is -0.346 e. The Morgan fingerprint density at radius 2 is 1.73 bits per heavy atom. The van der Waals surface area contributed by atoms with Crippen LogP contribution < -0.4 is 10.0 Å². The maximum Gasteiger partial charge on any atom is 0.416 e. The van der Waals surface area contributed by atoms with Crippen molar-refractivity contribution in [3.8, 4) is 0 Å². The molecule has 0 heterocycles. The maximum absolute atomic E-state index is 14.2. The first kappa shape index (κ1) is 26.3. The Kier molecular flexibility index (Phi) is 8.23. The molecule has 33 heavy (non-hydrogen) atoms. The minimum atomic E-state index is -4.48. The van der Waals surface area contributed by atoms with Crippen LogP contribution in [0.25, 0.3) is 6.08 Å². The minimum absolute atomic E-state index is 0.0482. The van der Waals surface area contributed by atoms with Crippen molar-refractivity contribution < 1.29 is 35.2 Å². The summed E-state index contributed by atoms with van der Waals surface area (Å²) in [6.07, 6.45) is -0.259. The highest BCUT2D eigenvalue weighted by Crippen LogP contribution is 2.31. The summed E-state index contributed by atoms with van der Waals surface area (Å²) in [6.45, 7) is 3.28. The standard InChI is InChI=1S/C22H23F5N2O3S/c1-4-5-15-10-17(22(25,26)27)8-6-14(15)7-9-20(30)28-13(2)16-11-18(23)21(19(24)12-16)29-33(3,31)32/h6-13,29H,4-5H2,1-3H3,(H,28,30)/b9-7+/t13-/m1/s1. The normalized spacial score (nSPS) is 13.2. The highest BCUT2D eigenvalue weighted by molar-refractivity contribution is 7.92. The first-order valence-corrected chi connectivity index (χ1v) is 11.8. The second-order valence-corrected chi connectivity index (χ2v) is 9.21. The van der Waals surface area contributed by atoms with Crippen LogP contribution in [0.15, 0.2) is 36.4 Å². The van der Waals surface area contributed by atoms with Crippen LogP contribution in [0.4, 0.5) is 27.6 Å². The number of halogens is 5. The number of carbonyl (C=O) groups is 1. The molecule has 0 radical (unpaired) electrons. The van der Waals surface area contributed by atoms with Gasteiger partial charge in [0.05, 0.1) is 17.9 Å². The first-order chi connectivity index (χ1) is 15.2. The van der Waals surface area contributed by atoms with Crippen LogP contribution in [0.1, 0.15) is 48.6 Å². The van der Waals surface area contributed by atoms with E-state index < -0.39 is 51.0 Å². The van der Waals surface area contributed by atoms with Gasteiger partial charge in [0.1, 0.15) is 5.69 Å². The highest BCUT2D eigenvalue weighted by Gasteiger charge is 2.30. The van der Waals surface area contributed by atoms with E-state index in [1.54, 1.807) is 4.72 Å². The molecule has 0 bridgehead atoms. The van der Waals surface area contributed by atoms with E-state index in [9.17, 15) is 35.2 Å². The second-order valence-electron chi connectivity index (χ2n) is 7.46. The Bertz CT molecular complexity index is 1140. The summed E-state index contributed by atoms with van der Waals surface area (Å²) in [5.41, 5.74) is -0.681. The van der Waals surface area contributed by atoms with Gasteiger partial charge in [-0.25, -0.2) is 17.2 Å². The lowest BCUT2D eigenvalue weighted by Crippen LogP contribution is -2.25. The lowest BCUT2D eigenvalue weighted by Gasteiger charge is -2.15. The van der Waals surface area contributed by atoms with Gasteiger partial charge in [-0.05, 0) is 60.4 Å². The van der Waals surface area contributed by atoms with E-state index in [2.05, 4.69) is 5.32 Å². The Balaban J connectivity index is 2.18. The van der Waals surface area contributed by atoms with E-state index in [4.69, 9.17) is 0 Å².